The van der Waals surface area contributed by atoms with E-state index in [2.05, 4.69) is 5.32 Å². The van der Waals surface area contributed by atoms with Crippen molar-refractivity contribution in [3.05, 3.63) is 35.4 Å². The van der Waals surface area contributed by atoms with Crippen molar-refractivity contribution in [2.24, 2.45) is 5.41 Å². The number of alkyl halides is 3. The van der Waals surface area contributed by atoms with E-state index in [1.54, 1.807) is 0 Å². The number of nitrogens with one attached hydrogen (secondary N) is 1. The normalized spacial score (nSPS) is 32.1. The quantitative estimate of drug-likeness (QED) is 0.796. The van der Waals surface area contributed by atoms with Gasteiger partial charge in [-0.2, -0.15) is 13.2 Å². The summed E-state index contributed by atoms with van der Waals surface area (Å²) in [7, 11) is 0. The van der Waals surface area contributed by atoms with E-state index in [1.807, 2.05) is 6.07 Å². The number of hydrogen-bond donors (Lipinski definition) is 1. The van der Waals surface area contributed by atoms with Gasteiger partial charge >= 0.3 is 6.18 Å². The minimum Gasteiger partial charge on any atom is -0.316 e. The number of benzene rings is 1. The largest absolute Gasteiger partial charge is 0.416 e. The van der Waals surface area contributed by atoms with Crippen molar-refractivity contribution in [1.82, 2.24) is 5.32 Å². The standard InChI is InChI=1S/C13H14F3N/c14-13(15,16)10-3-1-2-9(6-10)11-7-12(11)4-5-17-8-12/h1-3,6,11,17H,4-5,7-8H2. The highest BCUT2D eigenvalue weighted by atomic mass is 19.4. The number of rotatable bonds is 1. The van der Waals surface area contributed by atoms with E-state index in [0.717, 1.165) is 37.6 Å². The Morgan fingerprint density at radius 3 is 2.76 bits per heavy atom. The van der Waals surface area contributed by atoms with Gasteiger partial charge in [-0.3, -0.25) is 0 Å². The summed E-state index contributed by atoms with van der Waals surface area (Å²) in [6.07, 6.45) is -2.11. The molecule has 1 N–H and O–H groups in total. The fourth-order valence-corrected chi connectivity index (χ4v) is 2.99. The molecular weight excluding hydrogens is 227 g/mol. The van der Waals surface area contributed by atoms with E-state index in [4.69, 9.17) is 0 Å². The average molecular weight is 241 g/mol. The highest BCUT2D eigenvalue weighted by molar-refractivity contribution is 5.35. The molecule has 1 saturated carbocycles. The van der Waals surface area contributed by atoms with Crippen LogP contribution in [0, 0.1) is 5.41 Å². The van der Waals surface area contributed by atoms with Crippen molar-refractivity contribution in [3.63, 3.8) is 0 Å². The summed E-state index contributed by atoms with van der Waals surface area (Å²) >= 11 is 0. The fourth-order valence-electron chi connectivity index (χ4n) is 2.99. The van der Waals surface area contributed by atoms with Gasteiger partial charge in [0, 0.05) is 6.54 Å². The first kappa shape index (κ1) is 11.1. The van der Waals surface area contributed by atoms with E-state index in [-0.39, 0.29) is 5.41 Å². The zero-order chi connectivity index (χ0) is 12.1. The van der Waals surface area contributed by atoms with E-state index in [1.165, 1.54) is 12.1 Å². The third kappa shape index (κ3) is 1.84. The molecule has 92 valence electrons. The summed E-state index contributed by atoms with van der Waals surface area (Å²) in [5.41, 5.74) is 0.580. The van der Waals surface area contributed by atoms with Crippen molar-refractivity contribution < 1.29 is 13.2 Å². The maximum Gasteiger partial charge on any atom is 0.416 e. The molecule has 1 aliphatic carbocycles. The Morgan fingerprint density at radius 1 is 1.29 bits per heavy atom. The minimum atomic E-state index is -4.23. The van der Waals surface area contributed by atoms with Gasteiger partial charge in [0.2, 0.25) is 0 Å². The van der Waals surface area contributed by atoms with Gasteiger partial charge in [0.15, 0.2) is 0 Å². The molecule has 1 aromatic rings. The Morgan fingerprint density at radius 2 is 2.12 bits per heavy atom. The Kier molecular flexibility index (Phi) is 2.27. The second-order valence-electron chi connectivity index (χ2n) is 5.17. The summed E-state index contributed by atoms with van der Waals surface area (Å²) in [6.45, 7) is 1.95. The Bertz CT molecular complexity index is 433. The predicted octanol–water partition coefficient (Wildman–Crippen LogP) is 3.17. The molecule has 0 bridgehead atoms. The van der Waals surface area contributed by atoms with E-state index in [9.17, 15) is 13.2 Å². The first-order valence-corrected chi connectivity index (χ1v) is 5.89. The van der Waals surface area contributed by atoms with Crippen LogP contribution in [-0.4, -0.2) is 13.1 Å². The summed E-state index contributed by atoms with van der Waals surface area (Å²) in [5, 5.41) is 3.30. The molecule has 2 aliphatic rings. The zero-order valence-corrected chi connectivity index (χ0v) is 9.35. The molecule has 1 spiro atoms. The van der Waals surface area contributed by atoms with Crippen molar-refractivity contribution in [2.75, 3.05) is 13.1 Å². The second kappa shape index (κ2) is 3.48. The molecule has 2 atom stereocenters. The van der Waals surface area contributed by atoms with Crippen molar-refractivity contribution >= 4 is 0 Å². The molecule has 2 fully saturated rings. The van der Waals surface area contributed by atoms with Crippen LogP contribution in [0.15, 0.2) is 24.3 Å². The second-order valence-corrected chi connectivity index (χ2v) is 5.17. The molecule has 1 aliphatic heterocycles. The summed E-state index contributed by atoms with van der Waals surface area (Å²) in [4.78, 5) is 0. The van der Waals surface area contributed by atoms with Crippen molar-refractivity contribution in [3.8, 4) is 0 Å². The first-order chi connectivity index (χ1) is 8.01. The van der Waals surface area contributed by atoms with E-state index < -0.39 is 11.7 Å². The Hall–Kier alpha value is -1.03. The van der Waals surface area contributed by atoms with Crippen LogP contribution in [0.3, 0.4) is 0 Å². The van der Waals surface area contributed by atoms with Crippen LogP contribution in [0.1, 0.15) is 29.9 Å². The smallest absolute Gasteiger partial charge is 0.316 e. The van der Waals surface area contributed by atoms with Crippen LogP contribution < -0.4 is 5.32 Å². The van der Waals surface area contributed by atoms with Gasteiger partial charge in [0.1, 0.15) is 0 Å². The van der Waals surface area contributed by atoms with E-state index in [0.29, 0.717) is 5.92 Å². The van der Waals surface area contributed by atoms with Crippen LogP contribution in [0.2, 0.25) is 0 Å². The monoisotopic (exact) mass is 241 g/mol. The highest BCUT2D eigenvalue weighted by Crippen LogP contribution is 2.62. The number of halogens is 3. The lowest BCUT2D eigenvalue weighted by molar-refractivity contribution is -0.137. The first-order valence-electron chi connectivity index (χ1n) is 5.89. The van der Waals surface area contributed by atoms with Crippen LogP contribution in [0.25, 0.3) is 0 Å². The van der Waals surface area contributed by atoms with E-state index >= 15 is 0 Å². The van der Waals surface area contributed by atoms with Crippen molar-refractivity contribution in [1.29, 1.82) is 0 Å². The van der Waals surface area contributed by atoms with Crippen molar-refractivity contribution in [2.45, 2.75) is 24.9 Å². The zero-order valence-electron chi connectivity index (χ0n) is 9.35. The molecule has 2 unspecified atom stereocenters. The third-order valence-electron chi connectivity index (χ3n) is 4.08. The predicted molar refractivity (Wildman–Crippen MR) is 58.7 cm³/mol. The topological polar surface area (TPSA) is 12.0 Å². The molecule has 1 saturated heterocycles. The molecule has 3 rings (SSSR count). The SMILES string of the molecule is FC(F)(F)c1cccc(C2CC23CCNC3)c1. The van der Waals surface area contributed by atoms with Gasteiger partial charge in [-0.1, -0.05) is 18.2 Å². The highest BCUT2D eigenvalue weighted by Gasteiger charge is 2.55. The molecule has 0 aromatic heterocycles. The molecule has 17 heavy (non-hydrogen) atoms. The molecule has 1 nitrogen and oxygen atoms in total. The maximum absolute atomic E-state index is 12.6. The Balaban J connectivity index is 1.85. The van der Waals surface area contributed by atoms with Gasteiger partial charge in [-0.15, -0.1) is 0 Å². The lowest BCUT2D eigenvalue weighted by Crippen LogP contribution is -2.11. The molecular formula is C13H14F3N. The molecule has 1 aromatic carbocycles. The van der Waals surface area contributed by atoms with Crippen LogP contribution in [-0.2, 0) is 6.18 Å². The van der Waals surface area contributed by atoms with Crippen LogP contribution in [0.4, 0.5) is 13.2 Å². The summed E-state index contributed by atoms with van der Waals surface area (Å²) in [5.74, 6) is 0.319. The fraction of sp³-hybridized carbons (Fsp3) is 0.538. The summed E-state index contributed by atoms with van der Waals surface area (Å²) in [6, 6.07) is 5.81. The average Bonchev–Trinajstić information content (AvgIpc) is 2.76. The summed E-state index contributed by atoms with van der Waals surface area (Å²) < 4.78 is 37.8. The molecule has 0 radical (unpaired) electrons. The number of hydrogen-bond acceptors (Lipinski definition) is 1. The van der Waals surface area contributed by atoms with Crippen LogP contribution in [0.5, 0.6) is 0 Å². The molecule has 1 heterocycles. The maximum atomic E-state index is 12.6. The van der Waals surface area contributed by atoms with Gasteiger partial charge in [0.25, 0.3) is 0 Å². The molecule has 0 amide bonds. The van der Waals surface area contributed by atoms with Gasteiger partial charge in [0.05, 0.1) is 5.56 Å². The van der Waals surface area contributed by atoms with Crippen LogP contribution >= 0.6 is 0 Å². The van der Waals surface area contributed by atoms with Gasteiger partial charge < -0.3 is 5.32 Å². The third-order valence-corrected chi connectivity index (χ3v) is 4.08. The Labute approximate surface area is 98.0 Å². The molecule has 4 heteroatoms. The minimum absolute atomic E-state index is 0.254. The van der Waals surface area contributed by atoms with Gasteiger partial charge in [-0.05, 0) is 42.3 Å². The lowest BCUT2D eigenvalue weighted by atomic mass is 9.97. The lowest BCUT2D eigenvalue weighted by Gasteiger charge is -2.11. The van der Waals surface area contributed by atoms with Gasteiger partial charge in [-0.25, -0.2) is 0 Å².